The molecule has 1 heterocycles. The summed E-state index contributed by atoms with van der Waals surface area (Å²) in [6.45, 7) is 12.9. The number of carbonyl (C=O) groups excluding carboxylic acids is 1. The van der Waals surface area contributed by atoms with E-state index in [1.54, 1.807) is 19.2 Å². The lowest BCUT2D eigenvalue weighted by Gasteiger charge is -2.29. The average Bonchev–Trinajstić information content (AvgIpc) is 3.13. The number of sulfonamides is 1. The van der Waals surface area contributed by atoms with Gasteiger partial charge >= 0.3 is 0 Å². The van der Waals surface area contributed by atoms with E-state index >= 15 is 0 Å². The van der Waals surface area contributed by atoms with Crippen LogP contribution < -0.4 is 9.62 Å². The molecular formula is C28H38N4O3S. The monoisotopic (exact) mass is 510 g/mol. The summed E-state index contributed by atoms with van der Waals surface area (Å²) < 4.78 is 30.4. The van der Waals surface area contributed by atoms with Gasteiger partial charge in [-0.25, -0.2) is 13.4 Å². The predicted octanol–water partition coefficient (Wildman–Crippen LogP) is 5.94. The molecule has 3 aromatic rings. The van der Waals surface area contributed by atoms with E-state index in [1.807, 2.05) is 39.0 Å². The lowest BCUT2D eigenvalue weighted by atomic mass is 9.85. The standard InChI is InChI=1S/C28H38N4O3S/c1-27(2,3)25-30-23-17-21(13-16-24(23)32(25)18-19-9-8-10-19)31(7)36(34,35)22-14-11-20(12-15-22)29-26(33)28(4,5)6/h11-17,19H,8-10,18H2,1-7H3,(H,29,33). The molecule has 194 valence electrons. The van der Waals surface area contributed by atoms with Crippen LogP contribution in [0.25, 0.3) is 11.0 Å². The molecule has 4 rings (SSSR count). The topological polar surface area (TPSA) is 84.3 Å². The number of hydrogen-bond acceptors (Lipinski definition) is 4. The van der Waals surface area contributed by atoms with Gasteiger partial charge in [0.2, 0.25) is 5.91 Å². The summed E-state index contributed by atoms with van der Waals surface area (Å²) >= 11 is 0. The van der Waals surface area contributed by atoms with Crippen LogP contribution in [0.1, 0.15) is 66.6 Å². The lowest BCUT2D eigenvalue weighted by Crippen LogP contribution is -2.28. The fourth-order valence-electron chi connectivity index (χ4n) is 4.33. The van der Waals surface area contributed by atoms with Crippen molar-refractivity contribution in [1.82, 2.24) is 9.55 Å². The summed E-state index contributed by atoms with van der Waals surface area (Å²) in [6, 6.07) is 12.0. The molecule has 0 saturated heterocycles. The highest BCUT2D eigenvalue weighted by Crippen LogP contribution is 2.34. The molecule has 0 aliphatic heterocycles. The molecule has 0 spiro atoms. The molecule has 1 N–H and O–H groups in total. The number of carbonyl (C=O) groups is 1. The highest BCUT2D eigenvalue weighted by Gasteiger charge is 2.28. The molecule has 1 saturated carbocycles. The summed E-state index contributed by atoms with van der Waals surface area (Å²) in [7, 11) is -2.24. The van der Waals surface area contributed by atoms with Crippen molar-refractivity contribution < 1.29 is 13.2 Å². The molecule has 7 nitrogen and oxygen atoms in total. The van der Waals surface area contributed by atoms with Crippen LogP contribution in [0, 0.1) is 11.3 Å². The zero-order chi connectivity index (χ0) is 26.5. The minimum atomic E-state index is -3.79. The predicted molar refractivity (Wildman–Crippen MR) is 146 cm³/mol. The van der Waals surface area contributed by atoms with Gasteiger partial charge in [-0.05, 0) is 61.2 Å². The van der Waals surface area contributed by atoms with Crippen LogP contribution in [-0.2, 0) is 26.8 Å². The van der Waals surface area contributed by atoms with Gasteiger partial charge in [0, 0.05) is 30.1 Å². The van der Waals surface area contributed by atoms with Gasteiger partial charge in [-0.2, -0.15) is 0 Å². The zero-order valence-electron chi connectivity index (χ0n) is 22.4. The Kier molecular flexibility index (Phi) is 6.71. The first kappa shape index (κ1) is 26.2. The second kappa shape index (κ2) is 9.21. The largest absolute Gasteiger partial charge is 0.327 e. The first-order valence-electron chi connectivity index (χ1n) is 12.6. The van der Waals surface area contributed by atoms with Gasteiger partial charge in [0.05, 0.1) is 21.6 Å². The molecular weight excluding hydrogens is 472 g/mol. The Labute approximate surface area is 215 Å². The molecule has 0 atom stereocenters. The van der Waals surface area contributed by atoms with Crippen molar-refractivity contribution in [2.24, 2.45) is 11.3 Å². The molecule has 0 bridgehead atoms. The molecule has 1 fully saturated rings. The average molecular weight is 511 g/mol. The number of aromatic nitrogens is 2. The second-order valence-electron chi connectivity index (χ2n) is 12.0. The van der Waals surface area contributed by atoms with Gasteiger partial charge in [0.25, 0.3) is 10.0 Å². The number of imidazole rings is 1. The van der Waals surface area contributed by atoms with E-state index in [2.05, 4.69) is 30.7 Å². The summed E-state index contributed by atoms with van der Waals surface area (Å²) in [5.41, 5.74) is 2.30. The third kappa shape index (κ3) is 5.14. The van der Waals surface area contributed by atoms with Crippen LogP contribution in [0.15, 0.2) is 47.4 Å². The van der Waals surface area contributed by atoms with E-state index in [-0.39, 0.29) is 16.2 Å². The first-order valence-corrected chi connectivity index (χ1v) is 14.0. The normalized spacial score (nSPS) is 15.1. The van der Waals surface area contributed by atoms with E-state index in [1.165, 1.54) is 35.7 Å². The summed E-state index contributed by atoms with van der Waals surface area (Å²) in [6.07, 6.45) is 3.79. The van der Waals surface area contributed by atoms with Gasteiger partial charge in [-0.1, -0.05) is 48.0 Å². The Morgan fingerprint density at radius 2 is 1.69 bits per heavy atom. The third-order valence-electron chi connectivity index (χ3n) is 6.88. The number of nitrogens with zero attached hydrogens (tertiary/aromatic N) is 3. The quantitative estimate of drug-likeness (QED) is 0.445. The molecule has 8 heteroatoms. The highest BCUT2D eigenvalue weighted by molar-refractivity contribution is 7.92. The van der Waals surface area contributed by atoms with Crippen molar-refractivity contribution in [3.63, 3.8) is 0 Å². The Balaban J connectivity index is 1.62. The minimum absolute atomic E-state index is 0.120. The number of benzene rings is 2. The van der Waals surface area contributed by atoms with Gasteiger partial charge in [0.15, 0.2) is 0 Å². The first-order chi connectivity index (χ1) is 16.7. The van der Waals surface area contributed by atoms with Crippen LogP contribution in [0.3, 0.4) is 0 Å². The third-order valence-corrected chi connectivity index (χ3v) is 8.68. The second-order valence-corrected chi connectivity index (χ2v) is 13.9. The van der Waals surface area contributed by atoms with Crippen molar-refractivity contribution in [2.45, 2.75) is 77.7 Å². The fourth-order valence-corrected chi connectivity index (χ4v) is 5.52. The van der Waals surface area contributed by atoms with Crippen LogP contribution in [0.2, 0.25) is 0 Å². The Morgan fingerprint density at radius 3 is 2.22 bits per heavy atom. The van der Waals surface area contributed by atoms with Crippen molar-refractivity contribution >= 4 is 38.3 Å². The number of nitrogens with one attached hydrogen (secondary N) is 1. The Morgan fingerprint density at radius 1 is 1.06 bits per heavy atom. The maximum atomic E-state index is 13.4. The van der Waals surface area contributed by atoms with Crippen LogP contribution >= 0.6 is 0 Å². The maximum Gasteiger partial charge on any atom is 0.264 e. The molecule has 1 amide bonds. The molecule has 0 unspecified atom stereocenters. The molecule has 0 radical (unpaired) electrons. The van der Waals surface area contributed by atoms with Crippen LogP contribution in [0.5, 0.6) is 0 Å². The Bertz CT molecular complexity index is 1370. The number of rotatable bonds is 6. The molecule has 1 aliphatic carbocycles. The molecule has 1 aliphatic rings. The van der Waals surface area contributed by atoms with Gasteiger partial charge < -0.3 is 9.88 Å². The van der Waals surface area contributed by atoms with Crippen LogP contribution in [-0.4, -0.2) is 30.9 Å². The summed E-state index contributed by atoms with van der Waals surface area (Å²) in [5.74, 6) is 1.58. The minimum Gasteiger partial charge on any atom is -0.327 e. The number of fused-ring (bicyclic) bond motifs is 1. The summed E-state index contributed by atoms with van der Waals surface area (Å²) in [4.78, 5) is 17.3. The van der Waals surface area contributed by atoms with Crippen LogP contribution in [0.4, 0.5) is 11.4 Å². The van der Waals surface area contributed by atoms with Gasteiger partial charge in [-0.15, -0.1) is 0 Å². The fraction of sp³-hybridized carbons (Fsp3) is 0.500. The van der Waals surface area contributed by atoms with Gasteiger partial charge in [-0.3, -0.25) is 9.10 Å². The number of hydrogen-bond donors (Lipinski definition) is 1. The summed E-state index contributed by atoms with van der Waals surface area (Å²) in [5, 5.41) is 2.83. The number of anilines is 2. The van der Waals surface area contributed by atoms with Crippen molar-refractivity contribution in [2.75, 3.05) is 16.7 Å². The Hall–Kier alpha value is -2.87. The van der Waals surface area contributed by atoms with Crippen molar-refractivity contribution in [1.29, 1.82) is 0 Å². The van der Waals surface area contributed by atoms with E-state index in [4.69, 9.17) is 4.98 Å². The highest BCUT2D eigenvalue weighted by atomic mass is 32.2. The zero-order valence-corrected chi connectivity index (χ0v) is 23.2. The molecule has 2 aromatic carbocycles. The van der Waals surface area contributed by atoms with Gasteiger partial charge in [0.1, 0.15) is 5.82 Å². The van der Waals surface area contributed by atoms with Crippen molar-refractivity contribution in [3.8, 4) is 0 Å². The lowest BCUT2D eigenvalue weighted by molar-refractivity contribution is -0.123. The van der Waals surface area contributed by atoms with Crippen molar-refractivity contribution in [3.05, 3.63) is 48.3 Å². The van der Waals surface area contributed by atoms with E-state index in [9.17, 15) is 13.2 Å². The SMILES string of the molecule is CN(c1ccc2c(c1)nc(C(C)(C)C)n2CC1CCC1)S(=O)(=O)c1ccc(NC(=O)C(C)(C)C)cc1. The maximum absolute atomic E-state index is 13.4. The van der Waals surface area contributed by atoms with E-state index < -0.39 is 15.4 Å². The number of amides is 1. The smallest absolute Gasteiger partial charge is 0.264 e. The molecule has 36 heavy (non-hydrogen) atoms. The van der Waals surface area contributed by atoms with E-state index in [0.717, 1.165) is 23.4 Å². The van der Waals surface area contributed by atoms with E-state index in [0.29, 0.717) is 17.3 Å². The molecule has 1 aromatic heterocycles.